The van der Waals surface area contributed by atoms with Crippen LogP contribution in [-0.4, -0.2) is 4.92 Å². The van der Waals surface area contributed by atoms with Crippen LogP contribution in [0, 0.1) is 10.1 Å². The van der Waals surface area contributed by atoms with Gasteiger partial charge in [-0.3, -0.25) is 10.1 Å². The van der Waals surface area contributed by atoms with Crippen molar-refractivity contribution in [3.8, 4) is 0 Å². The van der Waals surface area contributed by atoms with Crippen LogP contribution >= 0.6 is 27.3 Å². The third-order valence-corrected chi connectivity index (χ3v) is 4.87. The van der Waals surface area contributed by atoms with E-state index in [2.05, 4.69) is 38.8 Å². The fourth-order valence-electron chi connectivity index (χ4n) is 2.13. The molecular weight excluding hydrogens is 352 g/mol. The van der Waals surface area contributed by atoms with Gasteiger partial charge in [-0.25, -0.2) is 0 Å². The SMILES string of the molecule is O=[N+]([O-])c1cc(NCc2csc3ccccc23)ccc1Br. The lowest BCUT2D eigenvalue weighted by molar-refractivity contribution is -0.385. The third-order valence-electron chi connectivity index (χ3n) is 3.19. The van der Waals surface area contributed by atoms with Crippen molar-refractivity contribution in [1.82, 2.24) is 0 Å². The molecule has 1 heterocycles. The second-order valence-corrected chi connectivity index (χ2v) is 6.30. The standard InChI is InChI=1S/C15H11BrN2O2S/c16-13-6-5-11(7-14(13)18(19)20)17-8-10-9-21-15-4-2-1-3-12(10)15/h1-7,9,17H,8H2. The summed E-state index contributed by atoms with van der Waals surface area (Å²) in [5, 5.41) is 17.5. The maximum absolute atomic E-state index is 10.9. The molecule has 0 unspecified atom stereocenters. The zero-order valence-corrected chi connectivity index (χ0v) is 13.3. The predicted octanol–water partition coefficient (Wildman–Crippen LogP) is 5.18. The number of nitro groups is 1. The first-order valence-corrected chi connectivity index (χ1v) is 7.95. The molecule has 0 aliphatic rings. The van der Waals surface area contributed by atoms with E-state index in [1.54, 1.807) is 23.5 Å². The number of rotatable bonds is 4. The minimum Gasteiger partial charge on any atom is -0.381 e. The molecule has 0 atom stereocenters. The van der Waals surface area contributed by atoms with E-state index in [9.17, 15) is 10.1 Å². The van der Waals surface area contributed by atoms with Gasteiger partial charge in [0.15, 0.2) is 0 Å². The van der Waals surface area contributed by atoms with Crippen molar-refractivity contribution in [3.63, 3.8) is 0 Å². The molecule has 0 amide bonds. The van der Waals surface area contributed by atoms with Gasteiger partial charge in [-0.05, 0) is 50.5 Å². The van der Waals surface area contributed by atoms with E-state index in [4.69, 9.17) is 0 Å². The van der Waals surface area contributed by atoms with E-state index in [1.165, 1.54) is 15.6 Å². The minimum absolute atomic E-state index is 0.0650. The quantitative estimate of drug-likeness (QED) is 0.513. The number of hydrogen-bond acceptors (Lipinski definition) is 4. The van der Waals surface area contributed by atoms with Crippen molar-refractivity contribution in [1.29, 1.82) is 0 Å². The average Bonchev–Trinajstić information content (AvgIpc) is 2.89. The Labute approximate surface area is 133 Å². The third kappa shape index (κ3) is 2.91. The van der Waals surface area contributed by atoms with Crippen LogP contribution < -0.4 is 5.32 Å². The lowest BCUT2D eigenvalue weighted by Gasteiger charge is -2.06. The Hall–Kier alpha value is -1.92. The second-order valence-electron chi connectivity index (χ2n) is 4.53. The number of anilines is 1. The van der Waals surface area contributed by atoms with Gasteiger partial charge < -0.3 is 5.32 Å². The van der Waals surface area contributed by atoms with E-state index in [0.29, 0.717) is 11.0 Å². The molecule has 0 spiro atoms. The summed E-state index contributed by atoms with van der Waals surface area (Å²) in [5.41, 5.74) is 2.00. The number of thiophene rings is 1. The van der Waals surface area contributed by atoms with Crippen LogP contribution in [0.25, 0.3) is 10.1 Å². The van der Waals surface area contributed by atoms with Gasteiger partial charge >= 0.3 is 0 Å². The van der Waals surface area contributed by atoms with Crippen LogP contribution in [0.5, 0.6) is 0 Å². The fraction of sp³-hybridized carbons (Fsp3) is 0.0667. The summed E-state index contributed by atoms with van der Waals surface area (Å²) in [6.07, 6.45) is 0. The number of hydrogen-bond donors (Lipinski definition) is 1. The van der Waals surface area contributed by atoms with Crippen LogP contribution in [0.2, 0.25) is 0 Å². The minimum atomic E-state index is -0.394. The Morgan fingerprint density at radius 1 is 1.24 bits per heavy atom. The molecular formula is C15H11BrN2O2S. The van der Waals surface area contributed by atoms with Crippen LogP contribution in [0.15, 0.2) is 52.3 Å². The van der Waals surface area contributed by atoms with Gasteiger partial charge in [0.2, 0.25) is 0 Å². The Bertz CT molecular complexity index is 816. The molecule has 0 aliphatic carbocycles. The fourth-order valence-corrected chi connectivity index (χ4v) is 3.48. The van der Waals surface area contributed by atoms with Crippen molar-refractivity contribution < 1.29 is 4.92 Å². The molecule has 1 N–H and O–H groups in total. The summed E-state index contributed by atoms with van der Waals surface area (Å²) in [4.78, 5) is 10.5. The first kappa shape index (κ1) is 14.0. The zero-order chi connectivity index (χ0) is 14.8. The molecule has 3 rings (SSSR count). The second kappa shape index (κ2) is 5.83. The van der Waals surface area contributed by atoms with E-state index < -0.39 is 4.92 Å². The van der Waals surface area contributed by atoms with E-state index in [-0.39, 0.29) is 5.69 Å². The highest BCUT2D eigenvalue weighted by Gasteiger charge is 2.12. The smallest absolute Gasteiger partial charge is 0.285 e. The normalized spacial score (nSPS) is 10.7. The summed E-state index contributed by atoms with van der Waals surface area (Å²) < 4.78 is 1.73. The van der Waals surface area contributed by atoms with E-state index in [1.807, 2.05) is 18.2 Å². The number of halogens is 1. The van der Waals surface area contributed by atoms with E-state index >= 15 is 0 Å². The highest BCUT2D eigenvalue weighted by atomic mass is 79.9. The Balaban J connectivity index is 1.82. The van der Waals surface area contributed by atoms with Gasteiger partial charge in [-0.2, -0.15) is 0 Å². The number of nitrogens with zero attached hydrogens (tertiary/aromatic N) is 1. The number of fused-ring (bicyclic) bond motifs is 1. The number of nitrogens with one attached hydrogen (secondary N) is 1. The lowest BCUT2D eigenvalue weighted by atomic mass is 10.2. The van der Waals surface area contributed by atoms with Gasteiger partial charge in [0.05, 0.1) is 9.40 Å². The molecule has 1 aromatic heterocycles. The highest BCUT2D eigenvalue weighted by Crippen LogP contribution is 2.29. The van der Waals surface area contributed by atoms with Gasteiger partial charge in [0.25, 0.3) is 5.69 Å². The molecule has 6 heteroatoms. The molecule has 0 aliphatic heterocycles. The van der Waals surface area contributed by atoms with Crippen LogP contribution in [0.1, 0.15) is 5.56 Å². The maximum atomic E-state index is 10.9. The summed E-state index contributed by atoms with van der Waals surface area (Å²) in [7, 11) is 0. The van der Waals surface area contributed by atoms with Crippen LogP contribution in [0.3, 0.4) is 0 Å². The zero-order valence-electron chi connectivity index (χ0n) is 10.9. The summed E-state index contributed by atoms with van der Waals surface area (Å²) in [6, 6.07) is 13.3. The van der Waals surface area contributed by atoms with Crippen LogP contribution in [-0.2, 0) is 6.54 Å². The molecule has 0 radical (unpaired) electrons. The van der Waals surface area contributed by atoms with Gasteiger partial charge in [-0.15, -0.1) is 11.3 Å². The topological polar surface area (TPSA) is 55.2 Å². The molecule has 0 fully saturated rings. The monoisotopic (exact) mass is 362 g/mol. The maximum Gasteiger partial charge on any atom is 0.285 e. The van der Waals surface area contributed by atoms with Crippen molar-refractivity contribution in [3.05, 3.63) is 68.0 Å². The number of benzene rings is 2. The van der Waals surface area contributed by atoms with Gasteiger partial charge in [0.1, 0.15) is 0 Å². The molecule has 0 saturated heterocycles. The van der Waals surface area contributed by atoms with Crippen molar-refractivity contribution in [2.45, 2.75) is 6.54 Å². The van der Waals surface area contributed by atoms with Crippen molar-refractivity contribution >= 4 is 48.7 Å². The Kier molecular flexibility index (Phi) is 3.90. The molecule has 0 saturated carbocycles. The first-order chi connectivity index (χ1) is 10.1. The first-order valence-electron chi connectivity index (χ1n) is 6.28. The van der Waals surface area contributed by atoms with Crippen molar-refractivity contribution in [2.24, 2.45) is 0 Å². The lowest BCUT2D eigenvalue weighted by Crippen LogP contribution is -1.99. The van der Waals surface area contributed by atoms with Gasteiger partial charge in [0, 0.05) is 23.0 Å². The van der Waals surface area contributed by atoms with Crippen molar-refractivity contribution in [2.75, 3.05) is 5.32 Å². The van der Waals surface area contributed by atoms with E-state index in [0.717, 1.165) is 5.69 Å². The predicted molar refractivity (Wildman–Crippen MR) is 89.9 cm³/mol. The Morgan fingerprint density at radius 3 is 2.86 bits per heavy atom. The average molecular weight is 363 g/mol. The number of nitro benzene ring substituents is 1. The largest absolute Gasteiger partial charge is 0.381 e. The molecule has 0 bridgehead atoms. The molecule has 106 valence electrons. The highest BCUT2D eigenvalue weighted by molar-refractivity contribution is 9.10. The molecule has 21 heavy (non-hydrogen) atoms. The Morgan fingerprint density at radius 2 is 2.05 bits per heavy atom. The summed E-state index contributed by atoms with van der Waals surface area (Å²) >= 11 is 4.89. The van der Waals surface area contributed by atoms with Gasteiger partial charge in [-0.1, -0.05) is 18.2 Å². The summed E-state index contributed by atoms with van der Waals surface area (Å²) in [5.74, 6) is 0. The molecule has 3 aromatic rings. The molecule has 2 aromatic carbocycles. The molecule has 4 nitrogen and oxygen atoms in total. The van der Waals surface area contributed by atoms with Crippen LogP contribution in [0.4, 0.5) is 11.4 Å². The summed E-state index contributed by atoms with van der Waals surface area (Å²) in [6.45, 7) is 0.642.